The normalized spacial score (nSPS) is 16.5. The van der Waals surface area contributed by atoms with Gasteiger partial charge in [0.1, 0.15) is 0 Å². The van der Waals surface area contributed by atoms with Crippen LogP contribution >= 0.6 is 0 Å². The number of benzene rings is 1. The van der Waals surface area contributed by atoms with Crippen LogP contribution in [0.25, 0.3) is 0 Å². The monoisotopic (exact) mass is 231 g/mol. The first-order valence-corrected chi connectivity index (χ1v) is 6.63. The lowest BCUT2D eigenvalue weighted by Gasteiger charge is -2.31. The number of amides is 1. The molecular weight excluding hydrogens is 210 g/mol. The average molecular weight is 231 g/mol. The summed E-state index contributed by atoms with van der Waals surface area (Å²) in [6, 6.07) is 8.29. The Bertz CT molecular complexity index is 400. The molecule has 0 N–H and O–H groups in total. The second-order valence-electron chi connectivity index (χ2n) is 4.91. The molecule has 1 aromatic carbocycles. The number of carbonyl (C=O) groups excluding carboxylic acids is 1. The molecule has 1 heterocycles. The minimum atomic E-state index is 0.145. The summed E-state index contributed by atoms with van der Waals surface area (Å²) in [4.78, 5) is 14.4. The molecule has 0 radical (unpaired) electrons. The van der Waals surface area contributed by atoms with Crippen LogP contribution in [0.3, 0.4) is 0 Å². The fourth-order valence-electron chi connectivity index (χ4n) is 2.59. The van der Waals surface area contributed by atoms with E-state index >= 15 is 0 Å². The van der Waals surface area contributed by atoms with Crippen molar-refractivity contribution < 1.29 is 4.79 Å². The standard InChI is InChI=1S/C15H21NO/c1-3-7-12(2)15(17)16-11-6-9-13-8-4-5-10-14(13)16/h4-5,8,10,12H,3,6-7,9,11H2,1-2H3/t12-/m1/s1. The molecule has 0 aliphatic carbocycles. The van der Waals surface area contributed by atoms with E-state index in [4.69, 9.17) is 0 Å². The number of hydrogen-bond acceptors (Lipinski definition) is 1. The van der Waals surface area contributed by atoms with E-state index in [1.54, 1.807) is 0 Å². The molecule has 0 bridgehead atoms. The molecule has 2 nitrogen and oxygen atoms in total. The van der Waals surface area contributed by atoms with Crippen LogP contribution in [0.1, 0.15) is 38.7 Å². The van der Waals surface area contributed by atoms with Crippen LogP contribution in [0, 0.1) is 5.92 Å². The number of carbonyl (C=O) groups is 1. The summed E-state index contributed by atoms with van der Waals surface area (Å²) < 4.78 is 0. The van der Waals surface area contributed by atoms with E-state index in [9.17, 15) is 4.79 Å². The maximum absolute atomic E-state index is 12.4. The van der Waals surface area contributed by atoms with Crippen LogP contribution in [0.15, 0.2) is 24.3 Å². The molecular formula is C15H21NO. The van der Waals surface area contributed by atoms with Crippen LogP contribution in [0.4, 0.5) is 5.69 Å². The van der Waals surface area contributed by atoms with E-state index in [-0.39, 0.29) is 5.92 Å². The van der Waals surface area contributed by atoms with Crippen molar-refractivity contribution in [1.29, 1.82) is 0 Å². The number of nitrogens with zero attached hydrogens (tertiary/aromatic N) is 1. The smallest absolute Gasteiger partial charge is 0.229 e. The topological polar surface area (TPSA) is 20.3 Å². The molecule has 92 valence electrons. The zero-order chi connectivity index (χ0) is 12.3. The van der Waals surface area contributed by atoms with Gasteiger partial charge in [-0.05, 0) is 30.9 Å². The van der Waals surface area contributed by atoms with Crippen LogP contribution in [0.5, 0.6) is 0 Å². The van der Waals surface area contributed by atoms with Gasteiger partial charge in [0.25, 0.3) is 0 Å². The Labute approximate surface area is 104 Å². The van der Waals surface area contributed by atoms with Crippen molar-refractivity contribution in [2.75, 3.05) is 11.4 Å². The summed E-state index contributed by atoms with van der Waals surface area (Å²) in [5.74, 6) is 0.435. The molecule has 17 heavy (non-hydrogen) atoms. The van der Waals surface area contributed by atoms with Crippen molar-refractivity contribution in [2.45, 2.75) is 39.5 Å². The number of hydrogen-bond donors (Lipinski definition) is 0. The minimum absolute atomic E-state index is 0.145. The highest BCUT2D eigenvalue weighted by Crippen LogP contribution is 2.28. The second kappa shape index (κ2) is 5.35. The number of rotatable bonds is 3. The molecule has 0 saturated heterocycles. The third-order valence-electron chi connectivity index (χ3n) is 3.52. The summed E-state index contributed by atoms with van der Waals surface area (Å²) in [7, 11) is 0. The molecule has 1 aromatic rings. The van der Waals surface area contributed by atoms with Crippen LogP contribution < -0.4 is 4.90 Å². The first-order valence-electron chi connectivity index (χ1n) is 6.63. The van der Waals surface area contributed by atoms with Crippen LogP contribution in [-0.2, 0) is 11.2 Å². The number of fused-ring (bicyclic) bond motifs is 1. The molecule has 0 unspecified atom stereocenters. The molecule has 2 rings (SSSR count). The van der Waals surface area contributed by atoms with Gasteiger partial charge in [-0.15, -0.1) is 0 Å². The van der Waals surface area contributed by atoms with Crippen molar-refractivity contribution in [2.24, 2.45) is 5.92 Å². The molecule has 1 amide bonds. The maximum atomic E-state index is 12.4. The highest BCUT2D eigenvalue weighted by Gasteiger charge is 2.25. The van der Waals surface area contributed by atoms with Gasteiger partial charge in [0.15, 0.2) is 0 Å². The molecule has 1 aliphatic heterocycles. The average Bonchev–Trinajstić information content (AvgIpc) is 2.37. The molecule has 2 heteroatoms. The molecule has 0 spiro atoms. The van der Waals surface area contributed by atoms with Gasteiger partial charge in [0.05, 0.1) is 0 Å². The Balaban J connectivity index is 2.20. The molecule has 0 fully saturated rings. The number of aryl methyl sites for hydroxylation is 1. The fraction of sp³-hybridized carbons (Fsp3) is 0.533. The summed E-state index contributed by atoms with van der Waals surface area (Å²) in [5.41, 5.74) is 2.45. The summed E-state index contributed by atoms with van der Waals surface area (Å²) in [5, 5.41) is 0. The van der Waals surface area contributed by atoms with E-state index < -0.39 is 0 Å². The number of anilines is 1. The Hall–Kier alpha value is -1.31. The summed E-state index contributed by atoms with van der Waals surface area (Å²) in [6.45, 7) is 5.06. The Morgan fingerprint density at radius 2 is 2.18 bits per heavy atom. The lowest BCUT2D eigenvalue weighted by Crippen LogP contribution is -2.38. The van der Waals surface area contributed by atoms with E-state index in [0.29, 0.717) is 5.91 Å². The zero-order valence-electron chi connectivity index (χ0n) is 10.8. The third kappa shape index (κ3) is 2.51. The first kappa shape index (κ1) is 12.2. The molecule has 0 saturated carbocycles. The van der Waals surface area contributed by atoms with Gasteiger partial charge in [-0.3, -0.25) is 4.79 Å². The second-order valence-corrected chi connectivity index (χ2v) is 4.91. The van der Waals surface area contributed by atoms with Gasteiger partial charge in [-0.2, -0.15) is 0 Å². The molecule has 1 atom stereocenters. The van der Waals surface area contributed by atoms with Crippen LogP contribution in [0.2, 0.25) is 0 Å². The van der Waals surface area contributed by atoms with Gasteiger partial charge in [-0.25, -0.2) is 0 Å². The lowest BCUT2D eigenvalue weighted by atomic mass is 9.98. The number of para-hydroxylation sites is 1. The molecule has 0 aromatic heterocycles. The van der Waals surface area contributed by atoms with Crippen molar-refractivity contribution in [3.05, 3.63) is 29.8 Å². The Morgan fingerprint density at radius 1 is 1.41 bits per heavy atom. The van der Waals surface area contributed by atoms with E-state index in [1.165, 1.54) is 5.56 Å². The summed E-state index contributed by atoms with van der Waals surface area (Å²) >= 11 is 0. The highest BCUT2D eigenvalue weighted by atomic mass is 16.2. The Morgan fingerprint density at radius 3 is 2.94 bits per heavy atom. The van der Waals surface area contributed by atoms with Crippen molar-refractivity contribution in [3.63, 3.8) is 0 Å². The van der Waals surface area contributed by atoms with Gasteiger partial charge in [-0.1, -0.05) is 38.5 Å². The van der Waals surface area contributed by atoms with Crippen molar-refractivity contribution in [1.82, 2.24) is 0 Å². The highest BCUT2D eigenvalue weighted by molar-refractivity contribution is 5.95. The van der Waals surface area contributed by atoms with E-state index in [1.807, 2.05) is 17.9 Å². The lowest BCUT2D eigenvalue weighted by molar-refractivity contribution is -0.122. The predicted molar refractivity (Wildman–Crippen MR) is 71.2 cm³/mol. The SMILES string of the molecule is CCC[C@@H](C)C(=O)N1CCCc2ccccc21. The minimum Gasteiger partial charge on any atom is -0.312 e. The van der Waals surface area contributed by atoms with Crippen molar-refractivity contribution in [3.8, 4) is 0 Å². The zero-order valence-corrected chi connectivity index (χ0v) is 10.8. The van der Waals surface area contributed by atoms with E-state index in [2.05, 4.69) is 25.1 Å². The van der Waals surface area contributed by atoms with Crippen LogP contribution in [-0.4, -0.2) is 12.5 Å². The van der Waals surface area contributed by atoms with Gasteiger partial charge in [0, 0.05) is 18.2 Å². The van der Waals surface area contributed by atoms with Crippen molar-refractivity contribution >= 4 is 11.6 Å². The Kier molecular flexibility index (Phi) is 3.82. The fourth-order valence-corrected chi connectivity index (χ4v) is 2.59. The predicted octanol–water partition coefficient (Wildman–Crippen LogP) is 3.40. The first-order chi connectivity index (χ1) is 8.24. The van der Waals surface area contributed by atoms with Gasteiger partial charge >= 0.3 is 0 Å². The van der Waals surface area contributed by atoms with Gasteiger partial charge in [0.2, 0.25) is 5.91 Å². The summed E-state index contributed by atoms with van der Waals surface area (Å²) in [6.07, 6.45) is 4.24. The van der Waals surface area contributed by atoms with Gasteiger partial charge < -0.3 is 4.90 Å². The largest absolute Gasteiger partial charge is 0.312 e. The third-order valence-corrected chi connectivity index (χ3v) is 3.52. The maximum Gasteiger partial charge on any atom is 0.229 e. The van der Waals surface area contributed by atoms with E-state index in [0.717, 1.165) is 37.9 Å². The quantitative estimate of drug-likeness (QED) is 0.780. The molecule has 1 aliphatic rings.